The lowest BCUT2D eigenvalue weighted by Gasteiger charge is -2.06. The standard InChI is InChI=1S/C16H15ClN2OS2/c17-15-8-7-14(22-15)13-11-21-16(19(13)9-4-10-20)18-12-5-2-1-3-6-12/h1-3,5-8,11,20H,4,9-10H2. The quantitative estimate of drug-likeness (QED) is 0.720. The zero-order valence-electron chi connectivity index (χ0n) is 11.8. The van der Waals surface area contributed by atoms with E-state index in [1.807, 2.05) is 42.5 Å². The van der Waals surface area contributed by atoms with Gasteiger partial charge in [0.25, 0.3) is 0 Å². The van der Waals surface area contributed by atoms with Gasteiger partial charge in [0.05, 0.1) is 20.6 Å². The molecule has 22 heavy (non-hydrogen) atoms. The van der Waals surface area contributed by atoms with Gasteiger partial charge in [-0.1, -0.05) is 29.8 Å². The molecular formula is C16H15ClN2OS2. The van der Waals surface area contributed by atoms with Crippen LogP contribution in [-0.4, -0.2) is 16.3 Å². The Labute approximate surface area is 141 Å². The summed E-state index contributed by atoms with van der Waals surface area (Å²) in [5.41, 5.74) is 2.03. The van der Waals surface area contributed by atoms with Gasteiger partial charge in [0.15, 0.2) is 4.80 Å². The molecule has 0 saturated carbocycles. The summed E-state index contributed by atoms with van der Waals surface area (Å²) in [5.74, 6) is 0. The lowest BCUT2D eigenvalue weighted by atomic mass is 10.3. The predicted molar refractivity (Wildman–Crippen MR) is 94.0 cm³/mol. The fourth-order valence-corrected chi connectivity index (χ4v) is 4.22. The van der Waals surface area contributed by atoms with Crippen molar-refractivity contribution in [2.24, 2.45) is 4.99 Å². The maximum absolute atomic E-state index is 9.15. The SMILES string of the molecule is OCCCn1c(-c2ccc(Cl)s2)csc1=Nc1ccccc1. The number of aliphatic hydroxyl groups is 1. The third-order valence-corrected chi connectivity index (χ3v) is 5.26. The van der Waals surface area contributed by atoms with Crippen molar-refractivity contribution in [1.29, 1.82) is 0 Å². The second-order valence-electron chi connectivity index (χ2n) is 4.68. The summed E-state index contributed by atoms with van der Waals surface area (Å²) in [7, 11) is 0. The fourth-order valence-electron chi connectivity index (χ4n) is 2.13. The van der Waals surface area contributed by atoms with Crippen LogP contribution < -0.4 is 4.80 Å². The molecule has 0 aliphatic heterocycles. The van der Waals surface area contributed by atoms with Gasteiger partial charge in [-0.25, -0.2) is 4.99 Å². The summed E-state index contributed by atoms with van der Waals surface area (Å²) in [6, 6.07) is 13.8. The van der Waals surface area contributed by atoms with Crippen LogP contribution in [0.3, 0.4) is 0 Å². The Hall–Kier alpha value is -1.40. The number of aliphatic hydroxyl groups excluding tert-OH is 1. The van der Waals surface area contributed by atoms with E-state index in [4.69, 9.17) is 21.7 Å². The third kappa shape index (κ3) is 3.50. The molecule has 0 aliphatic rings. The maximum Gasteiger partial charge on any atom is 0.190 e. The van der Waals surface area contributed by atoms with E-state index < -0.39 is 0 Å². The highest BCUT2D eigenvalue weighted by Crippen LogP contribution is 2.31. The number of nitrogens with zero attached hydrogens (tertiary/aromatic N) is 2. The molecule has 0 amide bonds. The molecule has 6 heteroatoms. The fraction of sp³-hybridized carbons (Fsp3) is 0.188. The van der Waals surface area contributed by atoms with Gasteiger partial charge >= 0.3 is 0 Å². The average Bonchev–Trinajstić information content (AvgIpc) is 3.12. The van der Waals surface area contributed by atoms with Crippen LogP contribution in [0.4, 0.5) is 5.69 Å². The van der Waals surface area contributed by atoms with E-state index in [9.17, 15) is 0 Å². The average molecular weight is 351 g/mol. The van der Waals surface area contributed by atoms with E-state index in [0.717, 1.165) is 31.9 Å². The third-order valence-electron chi connectivity index (χ3n) is 3.14. The molecule has 114 valence electrons. The summed E-state index contributed by atoms with van der Waals surface area (Å²) in [5, 5.41) is 11.3. The Morgan fingerprint density at radius 2 is 1.95 bits per heavy atom. The maximum atomic E-state index is 9.15. The van der Waals surface area contributed by atoms with Crippen molar-refractivity contribution in [3.05, 3.63) is 57.0 Å². The highest BCUT2D eigenvalue weighted by Gasteiger charge is 2.10. The molecule has 2 heterocycles. The van der Waals surface area contributed by atoms with Crippen molar-refractivity contribution >= 4 is 40.0 Å². The number of halogens is 1. The van der Waals surface area contributed by atoms with Crippen LogP contribution in [0.25, 0.3) is 10.6 Å². The second kappa shape index (κ2) is 7.24. The van der Waals surface area contributed by atoms with Gasteiger partial charge in [-0.2, -0.15) is 0 Å². The first-order valence-corrected chi connectivity index (χ1v) is 9.00. The lowest BCUT2D eigenvalue weighted by molar-refractivity contribution is 0.279. The monoisotopic (exact) mass is 350 g/mol. The molecule has 2 aromatic heterocycles. The topological polar surface area (TPSA) is 37.5 Å². The van der Waals surface area contributed by atoms with Gasteiger partial charge in [-0.05, 0) is 30.7 Å². The zero-order chi connectivity index (χ0) is 15.4. The molecular weight excluding hydrogens is 336 g/mol. The van der Waals surface area contributed by atoms with E-state index in [0.29, 0.717) is 6.42 Å². The summed E-state index contributed by atoms with van der Waals surface area (Å²) >= 11 is 9.21. The van der Waals surface area contributed by atoms with Gasteiger partial charge in [-0.15, -0.1) is 22.7 Å². The van der Waals surface area contributed by atoms with Crippen LogP contribution >= 0.6 is 34.3 Å². The summed E-state index contributed by atoms with van der Waals surface area (Å²) < 4.78 is 2.92. The van der Waals surface area contributed by atoms with Crippen molar-refractivity contribution in [3.8, 4) is 10.6 Å². The minimum atomic E-state index is 0.165. The first-order chi connectivity index (χ1) is 10.8. The Morgan fingerprint density at radius 1 is 1.14 bits per heavy atom. The van der Waals surface area contributed by atoms with E-state index in [1.54, 1.807) is 22.7 Å². The van der Waals surface area contributed by atoms with Gasteiger partial charge in [0.1, 0.15) is 0 Å². The van der Waals surface area contributed by atoms with Gasteiger partial charge in [-0.3, -0.25) is 0 Å². The molecule has 0 unspecified atom stereocenters. The Bertz CT molecular complexity index is 805. The van der Waals surface area contributed by atoms with Crippen LogP contribution in [0.2, 0.25) is 4.34 Å². The van der Waals surface area contributed by atoms with Gasteiger partial charge in [0.2, 0.25) is 0 Å². The molecule has 1 N–H and O–H groups in total. The summed E-state index contributed by atoms with van der Waals surface area (Å²) in [4.78, 5) is 6.77. The normalized spacial score (nSPS) is 12.0. The van der Waals surface area contributed by atoms with Crippen LogP contribution in [-0.2, 0) is 6.54 Å². The molecule has 0 saturated heterocycles. The molecule has 0 radical (unpaired) electrons. The van der Waals surface area contributed by atoms with E-state index in [1.165, 1.54) is 0 Å². The van der Waals surface area contributed by atoms with Crippen molar-refractivity contribution in [3.63, 3.8) is 0 Å². The summed E-state index contributed by atoms with van der Waals surface area (Å²) in [6.45, 7) is 0.898. The Balaban J connectivity index is 2.07. The number of thiazole rings is 1. The molecule has 3 aromatic rings. The molecule has 1 aromatic carbocycles. The van der Waals surface area contributed by atoms with Crippen molar-refractivity contribution in [2.75, 3.05) is 6.61 Å². The minimum Gasteiger partial charge on any atom is -0.396 e. The Morgan fingerprint density at radius 3 is 2.64 bits per heavy atom. The first kappa shape index (κ1) is 15.5. The molecule has 0 bridgehead atoms. The van der Waals surface area contributed by atoms with Crippen molar-refractivity contribution < 1.29 is 5.11 Å². The molecule has 0 fully saturated rings. The summed E-state index contributed by atoms with van der Waals surface area (Å²) in [6.07, 6.45) is 0.699. The van der Waals surface area contributed by atoms with E-state index in [2.05, 4.69) is 9.95 Å². The largest absolute Gasteiger partial charge is 0.396 e. The minimum absolute atomic E-state index is 0.165. The van der Waals surface area contributed by atoms with E-state index in [-0.39, 0.29) is 6.61 Å². The molecule has 3 nitrogen and oxygen atoms in total. The number of para-hydroxylation sites is 1. The Kier molecular flexibility index (Phi) is 5.10. The van der Waals surface area contributed by atoms with Gasteiger partial charge < -0.3 is 9.67 Å². The van der Waals surface area contributed by atoms with Crippen molar-refractivity contribution in [1.82, 2.24) is 4.57 Å². The van der Waals surface area contributed by atoms with Crippen molar-refractivity contribution in [2.45, 2.75) is 13.0 Å². The van der Waals surface area contributed by atoms with Crippen LogP contribution in [0.15, 0.2) is 52.8 Å². The number of aromatic nitrogens is 1. The first-order valence-electron chi connectivity index (χ1n) is 6.92. The van der Waals surface area contributed by atoms with E-state index >= 15 is 0 Å². The number of hydrogen-bond donors (Lipinski definition) is 1. The number of hydrogen-bond acceptors (Lipinski definition) is 4. The number of benzene rings is 1. The van der Waals surface area contributed by atoms with Gasteiger partial charge in [0, 0.05) is 18.5 Å². The highest BCUT2D eigenvalue weighted by molar-refractivity contribution is 7.19. The lowest BCUT2D eigenvalue weighted by Crippen LogP contribution is -2.16. The molecule has 0 aliphatic carbocycles. The van der Waals surface area contributed by atoms with Crippen LogP contribution in [0, 0.1) is 0 Å². The number of rotatable bonds is 5. The van der Waals surface area contributed by atoms with Crippen LogP contribution in [0.5, 0.6) is 0 Å². The predicted octanol–water partition coefficient (Wildman–Crippen LogP) is 4.55. The molecule has 0 spiro atoms. The second-order valence-corrected chi connectivity index (χ2v) is 7.24. The zero-order valence-corrected chi connectivity index (χ0v) is 14.2. The highest BCUT2D eigenvalue weighted by atomic mass is 35.5. The number of thiophene rings is 1. The van der Waals surface area contributed by atoms with Crippen LogP contribution in [0.1, 0.15) is 6.42 Å². The smallest absolute Gasteiger partial charge is 0.190 e. The molecule has 3 rings (SSSR count). The molecule has 0 atom stereocenters.